The Labute approximate surface area is 65.6 Å². The third-order valence-electron chi connectivity index (χ3n) is 1.24. The van der Waals surface area contributed by atoms with Crippen LogP contribution in [-0.2, 0) is 0 Å². The zero-order valence-electron chi connectivity index (χ0n) is 5.80. The summed E-state index contributed by atoms with van der Waals surface area (Å²) in [6, 6.07) is 7.99. The molecule has 0 aliphatic rings. The van der Waals surface area contributed by atoms with Crippen molar-refractivity contribution in [2.45, 2.75) is 6.92 Å². The maximum absolute atomic E-state index is 5.35. The second-order valence-corrected chi connectivity index (χ2v) is 2.28. The standard InChI is InChI=1S/C8H9ClO/c1-7-2-4-8(5-3-7)10-6-9/h2-5H,6H2,1H3. The molecule has 0 N–H and O–H groups in total. The maximum atomic E-state index is 5.35. The van der Waals surface area contributed by atoms with Gasteiger partial charge in [0.1, 0.15) is 5.75 Å². The normalized spacial score (nSPS) is 9.40. The van der Waals surface area contributed by atoms with Gasteiger partial charge in [-0.1, -0.05) is 29.3 Å². The topological polar surface area (TPSA) is 9.23 Å². The van der Waals surface area contributed by atoms with E-state index in [9.17, 15) is 0 Å². The van der Waals surface area contributed by atoms with Gasteiger partial charge in [-0.15, -0.1) is 0 Å². The van der Waals surface area contributed by atoms with Crippen molar-refractivity contribution in [2.75, 3.05) is 6.07 Å². The summed E-state index contributed by atoms with van der Waals surface area (Å²) < 4.78 is 5.03. The first-order chi connectivity index (χ1) is 4.83. The third-order valence-corrected chi connectivity index (χ3v) is 1.35. The van der Waals surface area contributed by atoms with Crippen LogP contribution in [0.3, 0.4) is 0 Å². The van der Waals surface area contributed by atoms with E-state index in [2.05, 4.69) is 0 Å². The molecule has 0 aromatic heterocycles. The van der Waals surface area contributed by atoms with Gasteiger partial charge in [-0.05, 0) is 19.1 Å². The van der Waals surface area contributed by atoms with E-state index in [1.165, 1.54) is 5.56 Å². The molecule has 1 rings (SSSR count). The van der Waals surface area contributed by atoms with Crippen molar-refractivity contribution in [1.82, 2.24) is 0 Å². The lowest BCUT2D eigenvalue weighted by Gasteiger charge is -1.99. The van der Waals surface area contributed by atoms with Crippen LogP contribution in [0, 0.1) is 6.92 Å². The Bertz CT molecular complexity index is 193. The number of hydrogen-bond acceptors (Lipinski definition) is 1. The molecule has 1 aromatic carbocycles. The van der Waals surface area contributed by atoms with E-state index in [0.717, 1.165) is 5.75 Å². The summed E-state index contributed by atoms with van der Waals surface area (Å²) in [6.07, 6.45) is 0. The molecule has 0 unspecified atom stereocenters. The molecule has 1 aromatic rings. The maximum Gasteiger partial charge on any atom is 0.162 e. The molecule has 0 heterocycles. The smallest absolute Gasteiger partial charge is 0.162 e. The number of ether oxygens (including phenoxy) is 1. The van der Waals surface area contributed by atoms with Gasteiger partial charge in [-0.2, -0.15) is 0 Å². The highest BCUT2D eigenvalue weighted by Gasteiger charge is 1.88. The molecule has 0 aliphatic carbocycles. The fourth-order valence-electron chi connectivity index (χ4n) is 0.697. The fraction of sp³-hybridized carbons (Fsp3) is 0.250. The second kappa shape index (κ2) is 3.47. The molecule has 10 heavy (non-hydrogen) atoms. The van der Waals surface area contributed by atoms with Gasteiger partial charge < -0.3 is 4.74 Å². The molecule has 0 fully saturated rings. The van der Waals surface area contributed by atoms with Crippen molar-refractivity contribution in [1.29, 1.82) is 0 Å². The Hall–Kier alpha value is -0.690. The van der Waals surface area contributed by atoms with Crippen LogP contribution in [0.4, 0.5) is 0 Å². The van der Waals surface area contributed by atoms with Crippen molar-refractivity contribution in [3.8, 4) is 5.75 Å². The van der Waals surface area contributed by atoms with Gasteiger partial charge in [0.15, 0.2) is 6.07 Å². The molecular formula is C8H9ClO. The molecule has 0 spiro atoms. The van der Waals surface area contributed by atoms with Crippen LogP contribution in [0.1, 0.15) is 5.56 Å². The highest BCUT2D eigenvalue weighted by molar-refractivity contribution is 6.17. The van der Waals surface area contributed by atoms with Crippen molar-refractivity contribution in [2.24, 2.45) is 0 Å². The average Bonchev–Trinajstić information content (AvgIpc) is 1.95. The lowest BCUT2D eigenvalue weighted by atomic mass is 10.2. The summed E-state index contributed by atoms with van der Waals surface area (Å²) in [5, 5.41) is 0. The number of hydrogen-bond donors (Lipinski definition) is 0. The molecule has 0 bridgehead atoms. The van der Waals surface area contributed by atoms with E-state index in [0.29, 0.717) is 0 Å². The van der Waals surface area contributed by atoms with Crippen LogP contribution in [-0.4, -0.2) is 6.07 Å². The van der Waals surface area contributed by atoms with E-state index in [-0.39, 0.29) is 6.07 Å². The van der Waals surface area contributed by atoms with E-state index in [1.54, 1.807) is 0 Å². The first-order valence-electron chi connectivity index (χ1n) is 3.08. The van der Waals surface area contributed by atoms with Crippen LogP contribution >= 0.6 is 11.6 Å². The molecule has 0 aliphatic heterocycles. The van der Waals surface area contributed by atoms with Crippen LogP contribution in [0.25, 0.3) is 0 Å². The van der Waals surface area contributed by atoms with Gasteiger partial charge in [0.2, 0.25) is 0 Å². The molecule has 0 radical (unpaired) electrons. The van der Waals surface area contributed by atoms with Crippen LogP contribution in [0.15, 0.2) is 24.3 Å². The Balaban J connectivity index is 2.69. The Morgan fingerprint density at radius 3 is 2.40 bits per heavy atom. The molecular weight excluding hydrogens is 148 g/mol. The van der Waals surface area contributed by atoms with Crippen LogP contribution in [0.2, 0.25) is 0 Å². The Morgan fingerprint density at radius 1 is 1.30 bits per heavy atom. The summed E-state index contributed by atoms with van der Waals surface area (Å²) in [6.45, 7) is 2.03. The lowest BCUT2D eigenvalue weighted by Crippen LogP contribution is -1.87. The Kier molecular flexibility index (Phi) is 2.57. The van der Waals surface area contributed by atoms with Gasteiger partial charge in [0.05, 0.1) is 0 Å². The van der Waals surface area contributed by atoms with Crippen molar-refractivity contribution in [3.63, 3.8) is 0 Å². The van der Waals surface area contributed by atoms with Gasteiger partial charge >= 0.3 is 0 Å². The minimum atomic E-state index is 0.211. The molecule has 0 saturated carbocycles. The highest BCUT2D eigenvalue weighted by atomic mass is 35.5. The SMILES string of the molecule is Cc1ccc(OCCl)cc1. The minimum absolute atomic E-state index is 0.211. The third kappa shape index (κ3) is 1.92. The van der Waals surface area contributed by atoms with E-state index < -0.39 is 0 Å². The fourth-order valence-corrected chi connectivity index (χ4v) is 0.823. The van der Waals surface area contributed by atoms with E-state index >= 15 is 0 Å². The summed E-state index contributed by atoms with van der Waals surface area (Å²) in [5.74, 6) is 0.820. The van der Waals surface area contributed by atoms with Crippen molar-refractivity contribution >= 4 is 11.6 Å². The number of rotatable bonds is 2. The van der Waals surface area contributed by atoms with Gasteiger partial charge in [-0.25, -0.2) is 0 Å². The molecule has 2 heteroatoms. The highest BCUT2D eigenvalue weighted by Crippen LogP contribution is 2.11. The predicted octanol–water partition coefficient (Wildman–Crippen LogP) is 2.57. The lowest BCUT2D eigenvalue weighted by molar-refractivity contribution is 0.388. The minimum Gasteiger partial charge on any atom is -0.478 e. The second-order valence-electron chi connectivity index (χ2n) is 2.07. The van der Waals surface area contributed by atoms with Crippen LogP contribution < -0.4 is 4.74 Å². The zero-order valence-corrected chi connectivity index (χ0v) is 6.56. The molecule has 54 valence electrons. The average molecular weight is 157 g/mol. The quantitative estimate of drug-likeness (QED) is 0.598. The predicted molar refractivity (Wildman–Crippen MR) is 42.5 cm³/mol. The molecule has 0 amide bonds. The summed E-state index contributed by atoms with van der Waals surface area (Å²) in [5.41, 5.74) is 1.22. The summed E-state index contributed by atoms with van der Waals surface area (Å²) in [7, 11) is 0. The first-order valence-corrected chi connectivity index (χ1v) is 3.62. The monoisotopic (exact) mass is 156 g/mol. The van der Waals surface area contributed by atoms with Crippen molar-refractivity contribution in [3.05, 3.63) is 29.8 Å². The number of alkyl halides is 1. The van der Waals surface area contributed by atoms with Gasteiger partial charge in [-0.3, -0.25) is 0 Å². The summed E-state index contributed by atoms with van der Waals surface area (Å²) >= 11 is 5.35. The van der Waals surface area contributed by atoms with Crippen LogP contribution in [0.5, 0.6) is 5.75 Å². The van der Waals surface area contributed by atoms with E-state index in [4.69, 9.17) is 16.3 Å². The van der Waals surface area contributed by atoms with Crippen molar-refractivity contribution < 1.29 is 4.74 Å². The zero-order chi connectivity index (χ0) is 7.40. The first kappa shape index (κ1) is 7.42. The number of benzene rings is 1. The van der Waals surface area contributed by atoms with Gasteiger partial charge in [0, 0.05) is 0 Å². The summed E-state index contributed by atoms with van der Waals surface area (Å²) in [4.78, 5) is 0. The number of aryl methyl sites for hydroxylation is 1. The number of halogens is 1. The molecule has 1 nitrogen and oxygen atoms in total. The van der Waals surface area contributed by atoms with Gasteiger partial charge in [0.25, 0.3) is 0 Å². The molecule has 0 atom stereocenters. The molecule has 0 saturated heterocycles. The Morgan fingerprint density at radius 2 is 1.90 bits per heavy atom. The largest absolute Gasteiger partial charge is 0.478 e. The van der Waals surface area contributed by atoms with E-state index in [1.807, 2.05) is 31.2 Å².